The second kappa shape index (κ2) is 2.82. The number of carbonyl (C=O) groups excluding carboxylic acids is 4. The van der Waals surface area contributed by atoms with Crippen molar-refractivity contribution in [3.63, 3.8) is 0 Å². The monoisotopic (exact) mass is 264 g/mol. The van der Waals surface area contributed by atoms with Crippen molar-refractivity contribution in [2.45, 2.75) is 25.8 Å². The van der Waals surface area contributed by atoms with Crippen LogP contribution in [0.5, 0.6) is 0 Å². The van der Waals surface area contributed by atoms with Gasteiger partial charge in [-0.1, -0.05) is 0 Å². The van der Waals surface area contributed by atoms with Gasteiger partial charge in [-0.2, -0.15) is 0 Å². The van der Waals surface area contributed by atoms with Gasteiger partial charge in [0.05, 0.1) is 22.9 Å². The van der Waals surface area contributed by atoms with Crippen LogP contribution >= 0.6 is 0 Å². The third-order valence-electron chi connectivity index (χ3n) is 3.63. The summed E-state index contributed by atoms with van der Waals surface area (Å²) in [5.41, 5.74) is -5.50. The van der Waals surface area contributed by atoms with Crippen molar-refractivity contribution in [1.29, 1.82) is 0 Å². The molecule has 3 fully saturated rings. The van der Waals surface area contributed by atoms with E-state index in [4.69, 9.17) is 8.22 Å². The van der Waals surface area contributed by atoms with E-state index in [1.54, 1.807) is 10.6 Å². The van der Waals surface area contributed by atoms with E-state index < -0.39 is 60.5 Å². The molecule has 8 nitrogen and oxygen atoms in total. The summed E-state index contributed by atoms with van der Waals surface area (Å²) in [5.74, 6) is -2.79. The molecule has 3 aliphatic rings. The molecule has 2 saturated heterocycles. The Morgan fingerprint density at radius 1 is 0.889 bits per heavy atom. The maximum atomic E-state index is 12.5. The van der Waals surface area contributed by atoms with E-state index in [-0.39, 0.29) is 0 Å². The highest BCUT2D eigenvalue weighted by atomic mass is 16.2. The first kappa shape index (κ1) is 6.17. The molecule has 3 rings (SSSR count). The lowest BCUT2D eigenvalue weighted by atomic mass is 9.43. The molecule has 8 heteroatoms. The largest absolute Gasteiger partial charge is 0.332 e. The Bertz CT molecular complexity index is 632. The Kier molecular flexibility index (Phi) is 0.966. The molecule has 0 spiro atoms. The second-order valence-corrected chi connectivity index (χ2v) is 4.43. The second-order valence-electron chi connectivity index (χ2n) is 4.43. The van der Waals surface area contributed by atoms with Crippen molar-refractivity contribution < 1.29 is 27.4 Å². The van der Waals surface area contributed by atoms with Gasteiger partial charge in [0.15, 0.2) is 0 Å². The maximum absolute atomic E-state index is 12.5. The summed E-state index contributed by atoms with van der Waals surface area (Å²) in [4.78, 5) is 48.1. The molecule has 0 aromatic carbocycles. The molecule has 6 amide bonds. The zero-order chi connectivity index (χ0) is 18.3. The van der Waals surface area contributed by atoms with Crippen LogP contribution in [0.1, 0.15) is 21.9 Å². The Morgan fingerprint density at radius 2 is 1.28 bits per heavy atom. The molecule has 1 saturated carbocycles. The van der Waals surface area contributed by atoms with Gasteiger partial charge in [0.1, 0.15) is 0 Å². The van der Waals surface area contributed by atoms with Crippen molar-refractivity contribution >= 4 is 23.9 Å². The van der Waals surface area contributed by atoms with Crippen LogP contribution in [0.2, 0.25) is 0 Å². The van der Waals surface area contributed by atoms with Crippen LogP contribution < -0.4 is 21.3 Å². The van der Waals surface area contributed by atoms with E-state index in [1.807, 2.05) is 0 Å². The summed E-state index contributed by atoms with van der Waals surface area (Å²) in [7, 11) is 0. The van der Waals surface area contributed by atoms with Crippen molar-refractivity contribution in [3.05, 3.63) is 0 Å². The average molecular weight is 264 g/mol. The summed E-state index contributed by atoms with van der Waals surface area (Å²) >= 11 is 0. The zero-order valence-electron chi connectivity index (χ0n) is 14.8. The molecule has 1 aliphatic carbocycles. The van der Waals surface area contributed by atoms with Crippen molar-refractivity contribution in [3.8, 4) is 0 Å². The molecule has 2 heterocycles. The molecule has 4 atom stereocenters. The van der Waals surface area contributed by atoms with Gasteiger partial charge in [-0.3, -0.25) is 20.2 Å². The quantitative estimate of drug-likeness (QED) is 0.423. The lowest BCUT2D eigenvalue weighted by Crippen LogP contribution is -2.90. The third-order valence-corrected chi connectivity index (χ3v) is 3.63. The first-order chi connectivity index (χ1) is 10.8. The highest BCUT2D eigenvalue weighted by Gasteiger charge is 2.77. The predicted molar refractivity (Wildman–Crippen MR) is 57.1 cm³/mol. The molecular weight excluding hydrogens is 240 g/mol. The predicted octanol–water partition coefficient (Wildman–Crippen LogP) is -1.57. The number of rotatable bonds is 0. The Hall–Kier alpha value is -2.12. The molecular formula is C10H12N4O4. The molecule has 0 bridgehead atoms. The molecule has 0 radical (unpaired) electrons. The standard InChI is InChI=1S/C10H12N4O4/c1-9-3(11-7(17)13-5(9)15)4-10(9,2)6(16)14-8(18)12-4/h3-4H,1-2H3,(H2,11,13,15,17)(H2,12,14,16,18)/t3?,4?,9-,10+/i1T3,2T3. The topological polar surface area (TPSA) is 116 Å². The van der Waals surface area contributed by atoms with Gasteiger partial charge in [-0.05, 0) is 13.7 Å². The van der Waals surface area contributed by atoms with E-state index in [0.29, 0.717) is 0 Å². The van der Waals surface area contributed by atoms with E-state index in [9.17, 15) is 19.2 Å². The van der Waals surface area contributed by atoms with Crippen LogP contribution in [0.25, 0.3) is 0 Å². The van der Waals surface area contributed by atoms with E-state index in [2.05, 4.69) is 10.6 Å². The fourth-order valence-electron chi connectivity index (χ4n) is 2.68. The van der Waals surface area contributed by atoms with E-state index in [0.717, 1.165) is 0 Å². The number of amides is 6. The smallest absolute Gasteiger partial charge is 0.321 e. The molecule has 96 valence electrons. The van der Waals surface area contributed by atoms with Crippen LogP contribution in [-0.2, 0) is 9.59 Å². The van der Waals surface area contributed by atoms with Crippen molar-refractivity contribution in [2.24, 2.45) is 10.8 Å². The number of hydrogen-bond acceptors (Lipinski definition) is 4. The molecule has 0 aromatic rings. The van der Waals surface area contributed by atoms with Gasteiger partial charge in [0, 0.05) is 8.22 Å². The zero-order valence-corrected chi connectivity index (χ0v) is 8.79. The third kappa shape index (κ3) is 0.889. The summed E-state index contributed by atoms with van der Waals surface area (Å²) < 4.78 is 46.5. The Labute approximate surface area is 110 Å². The van der Waals surface area contributed by atoms with Gasteiger partial charge in [-0.25, -0.2) is 9.59 Å². The van der Waals surface area contributed by atoms with Crippen molar-refractivity contribution in [1.82, 2.24) is 21.3 Å². The molecule has 18 heavy (non-hydrogen) atoms. The minimum Gasteiger partial charge on any atom is -0.332 e. The van der Waals surface area contributed by atoms with Gasteiger partial charge in [0.25, 0.3) is 0 Å². The highest BCUT2D eigenvalue weighted by Crippen LogP contribution is 2.58. The number of carbonyl (C=O) groups is 4. The minimum atomic E-state index is -3.25. The number of urea groups is 2. The molecule has 0 aromatic heterocycles. The molecule has 2 aliphatic heterocycles. The lowest BCUT2D eigenvalue weighted by molar-refractivity contribution is -0.182. The summed E-state index contributed by atoms with van der Waals surface area (Å²) in [6.45, 7) is -6.50. The summed E-state index contributed by atoms with van der Waals surface area (Å²) in [6, 6.07) is -5.21. The highest BCUT2D eigenvalue weighted by molar-refractivity contribution is 6.10. The van der Waals surface area contributed by atoms with Gasteiger partial charge in [0.2, 0.25) is 11.8 Å². The first-order valence-corrected chi connectivity index (χ1v) is 5.05. The Balaban J connectivity index is 2.33. The van der Waals surface area contributed by atoms with Crippen LogP contribution in [-0.4, -0.2) is 36.0 Å². The normalized spacial score (nSPS) is 52.0. The Morgan fingerprint density at radius 3 is 1.61 bits per heavy atom. The maximum Gasteiger partial charge on any atom is 0.321 e. The first-order valence-electron chi connectivity index (χ1n) is 8.05. The van der Waals surface area contributed by atoms with Gasteiger partial charge >= 0.3 is 12.1 Å². The van der Waals surface area contributed by atoms with Crippen LogP contribution in [0, 0.1) is 10.8 Å². The molecule has 2 unspecified atom stereocenters. The van der Waals surface area contributed by atoms with Gasteiger partial charge in [-0.15, -0.1) is 0 Å². The summed E-state index contributed by atoms with van der Waals surface area (Å²) in [5, 5.41) is 7.77. The van der Waals surface area contributed by atoms with E-state index >= 15 is 0 Å². The SMILES string of the molecule is [3H]C([3H])([3H])[C@]12C(=O)NC(=O)NC1C1NC(=O)NC(=O)[C@]12C([3H])([3H])[3H]. The lowest BCUT2D eigenvalue weighted by Gasteiger charge is -2.66. The fourth-order valence-corrected chi connectivity index (χ4v) is 2.68. The minimum absolute atomic E-state index is 1.04. The van der Waals surface area contributed by atoms with Crippen molar-refractivity contribution in [2.75, 3.05) is 0 Å². The van der Waals surface area contributed by atoms with Crippen LogP contribution in [0.4, 0.5) is 9.59 Å². The number of nitrogens with one attached hydrogen (secondary N) is 4. The molecule has 4 N–H and O–H groups in total. The van der Waals surface area contributed by atoms with Crippen LogP contribution in [0.3, 0.4) is 0 Å². The number of fused-ring (bicyclic) bond motifs is 4. The van der Waals surface area contributed by atoms with E-state index in [1.165, 1.54) is 0 Å². The fraction of sp³-hybridized carbons (Fsp3) is 0.600. The average Bonchev–Trinajstić information content (AvgIpc) is 2.34. The number of hydrogen-bond donors (Lipinski definition) is 4. The van der Waals surface area contributed by atoms with Crippen LogP contribution in [0.15, 0.2) is 0 Å². The number of imide groups is 2. The summed E-state index contributed by atoms with van der Waals surface area (Å²) in [6.07, 6.45) is 0. The van der Waals surface area contributed by atoms with Gasteiger partial charge < -0.3 is 10.6 Å².